The first kappa shape index (κ1) is 19.5. The summed E-state index contributed by atoms with van der Waals surface area (Å²) in [7, 11) is 3.29. The van der Waals surface area contributed by atoms with Crippen molar-refractivity contribution < 1.29 is 14.3 Å². The topological polar surface area (TPSA) is 63.7 Å². The predicted molar refractivity (Wildman–Crippen MR) is 107 cm³/mol. The molecule has 0 bridgehead atoms. The molecule has 1 fully saturated rings. The number of amides is 2. The molecule has 0 radical (unpaired) electrons. The van der Waals surface area contributed by atoms with Crippen LogP contribution >= 0.6 is 11.3 Å². The molecule has 1 N–H and O–H groups in total. The smallest absolute Gasteiger partial charge is 0.317 e. The van der Waals surface area contributed by atoms with Crippen LogP contribution in [0.1, 0.15) is 41.6 Å². The first-order chi connectivity index (χ1) is 13.1. The third-order valence-electron chi connectivity index (χ3n) is 4.82. The second-order valence-electron chi connectivity index (χ2n) is 6.68. The number of urea groups is 1. The summed E-state index contributed by atoms with van der Waals surface area (Å²) in [4.78, 5) is 19.1. The van der Waals surface area contributed by atoms with Crippen LogP contribution in [0.4, 0.5) is 4.79 Å². The lowest BCUT2D eigenvalue weighted by Crippen LogP contribution is -2.40. The van der Waals surface area contributed by atoms with E-state index < -0.39 is 0 Å². The van der Waals surface area contributed by atoms with Crippen LogP contribution in [0.15, 0.2) is 23.6 Å². The summed E-state index contributed by atoms with van der Waals surface area (Å²) in [6.07, 6.45) is 3.72. The zero-order valence-electron chi connectivity index (χ0n) is 16.2. The molecule has 146 valence electrons. The molecule has 0 saturated carbocycles. The van der Waals surface area contributed by atoms with Gasteiger partial charge in [-0.25, -0.2) is 9.78 Å². The summed E-state index contributed by atoms with van der Waals surface area (Å²) >= 11 is 1.68. The van der Waals surface area contributed by atoms with E-state index in [9.17, 15) is 4.79 Å². The molecule has 0 unspecified atom stereocenters. The fourth-order valence-corrected chi connectivity index (χ4v) is 4.30. The number of nitrogens with one attached hydrogen (secondary N) is 1. The molecular formula is C20H27N3O3S. The number of carbonyl (C=O) groups is 1. The predicted octanol–water partition coefficient (Wildman–Crippen LogP) is 3.95. The van der Waals surface area contributed by atoms with Crippen molar-refractivity contribution in [3.63, 3.8) is 0 Å². The SMILES string of the molecule is COc1ccc([C@H]2CCCN2C(=O)NCCCc2nc(C)cs2)c(OC)c1. The molecular weight excluding hydrogens is 362 g/mol. The molecule has 1 aromatic carbocycles. The molecule has 3 rings (SSSR count). The van der Waals surface area contributed by atoms with Crippen molar-refractivity contribution >= 4 is 17.4 Å². The number of aryl methyl sites for hydroxylation is 2. The van der Waals surface area contributed by atoms with E-state index in [0.717, 1.165) is 60.0 Å². The van der Waals surface area contributed by atoms with Gasteiger partial charge in [-0.15, -0.1) is 11.3 Å². The Balaban J connectivity index is 1.58. The molecule has 0 spiro atoms. The maximum atomic E-state index is 12.7. The minimum atomic E-state index is -0.00862. The monoisotopic (exact) mass is 389 g/mol. The highest BCUT2D eigenvalue weighted by atomic mass is 32.1. The minimum Gasteiger partial charge on any atom is -0.497 e. The molecule has 1 aliphatic rings. The molecule has 0 aliphatic carbocycles. The average molecular weight is 390 g/mol. The number of nitrogens with zero attached hydrogens (tertiary/aromatic N) is 2. The van der Waals surface area contributed by atoms with Crippen molar-refractivity contribution in [3.8, 4) is 11.5 Å². The van der Waals surface area contributed by atoms with Gasteiger partial charge in [0.25, 0.3) is 0 Å². The molecule has 7 heteroatoms. The maximum Gasteiger partial charge on any atom is 0.317 e. The Kier molecular flexibility index (Phi) is 6.55. The van der Waals surface area contributed by atoms with Crippen LogP contribution in [-0.4, -0.2) is 43.2 Å². The highest BCUT2D eigenvalue weighted by molar-refractivity contribution is 7.09. The lowest BCUT2D eigenvalue weighted by molar-refractivity contribution is 0.192. The standard InChI is InChI=1S/C20H27N3O3S/c1-14-13-27-19(22-14)7-4-10-21-20(24)23-11-5-6-17(23)16-9-8-15(25-2)12-18(16)26-3/h8-9,12-13,17H,4-7,10-11H2,1-3H3,(H,21,24)/t17-/m1/s1. The second kappa shape index (κ2) is 9.08. The van der Waals surface area contributed by atoms with Crippen LogP contribution < -0.4 is 14.8 Å². The van der Waals surface area contributed by atoms with Gasteiger partial charge in [-0.3, -0.25) is 0 Å². The van der Waals surface area contributed by atoms with Crippen molar-refractivity contribution in [2.75, 3.05) is 27.3 Å². The quantitative estimate of drug-likeness (QED) is 0.729. The Morgan fingerprint density at radius 1 is 1.37 bits per heavy atom. The fraction of sp³-hybridized carbons (Fsp3) is 0.500. The van der Waals surface area contributed by atoms with Gasteiger partial charge >= 0.3 is 6.03 Å². The minimum absolute atomic E-state index is 0.00862. The zero-order chi connectivity index (χ0) is 19.2. The van der Waals surface area contributed by atoms with Crippen molar-refractivity contribution in [2.24, 2.45) is 0 Å². The zero-order valence-corrected chi connectivity index (χ0v) is 17.0. The first-order valence-corrected chi connectivity index (χ1v) is 10.2. The van der Waals surface area contributed by atoms with E-state index in [-0.39, 0.29) is 12.1 Å². The summed E-state index contributed by atoms with van der Waals surface area (Å²) in [6, 6.07) is 5.82. The molecule has 2 heterocycles. The molecule has 27 heavy (non-hydrogen) atoms. The van der Waals surface area contributed by atoms with Crippen LogP contribution in [0, 0.1) is 6.92 Å². The third-order valence-corrected chi connectivity index (χ3v) is 5.85. The van der Waals surface area contributed by atoms with Crippen LogP contribution in [0.25, 0.3) is 0 Å². The molecule has 6 nitrogen and oxygen atoms in total. The van der Waals surface area contributed by atoms with E-state index in [1.807, 2.05) is 30.0 Å². The Bertz CT molecular complexity index is 778. The number of hydrogen-bond donors (Lipinski definition) is 1. The summed E-state index contributed by atoms with van der Waals surface area (Å²) in [5, 5.41) is 6.25. The first-order valence-electron chi connectivity index (χ1n) is 9.29. The van der Waals surface area contributed by atoms with Crippen LogP contribution in [-0.2, 0) is 6.42 Å². The maximum absolute atomic E-state index is 12.7. The van der Waals surface area contributed by atoms with Crippen LogP contribution in [0.5, 0.6) is 11.5 Å². The van der Waals surface area contributed by atoms with Crippen LogP contribution in [0.3, 0.4) is 0 Å². The number of ether oxygens (including phenoxy) is 2. The number of aromatic nitrogens is 1. The fourth-order valence-electron chi connectivity index (χ4n) is 3.48. The highest BCUT2D eigenvalue weighted by Crippen LogP contribution is 2.38. The number of thiazole rings is 1. The van der Waals surface area contributed by atoms with Gasteiger partial charge in [-0.05, 0) is 38.3 Å². The van der Waals surface area contributed by atoms with E-state index in [4.69, 9.17) is 9.47 Å². The lowest BCUT2D eigenvalue weighted by atomic mass is 10.0. The Labute approximate surface area is 164 Å². The normalized spacial score (nSPS) is 16.4. The highest BCUT2D eigenvalue weighted by Gasteiger charge is 2.31. The number of likely N-dealkylation sites (tertiary alicyclic amines) is 1. The Morgan fingerprint density at radius 3 is 2.93 bits per heavy atom. The number of rotatable bonds is 7. The molecule has 2 aromatic rings. The summed E-state index contributed by atoms with van der Waals surface area (Å²) in [5.41, 5.74) is 2.09. The molecule has 1 saturated heterocycles. The molecule has 1 aromatic heterocycles. The van der Waals surface area contributed by atoms with Crippen LogP contribution in [0.2, 0.25) is 0 Å². The summed E-state index contributed by atoms with van der Waals surface area (Å²) in [6.45, 7) is 3.42. The molecule has 2 amide bonds. The van der Waals surface area contributed by atoms with Gasteiger partial charge in [0.15, 0.2) is 0 Å². The molecule has 1 atom stereocenters. The average Bonchev–Trinajstić information content (AvgIpc) is 3.33. The van der Waals surface area contributed by atoms with Gasteiger partial charge in [0.1, 0.15) is 11.5 Å². The van der Waals surface area contributed by atoms with E-state index in [1.165, 1.54) is 0 Å². The number of methoxy groups -OCH3 is 2. The molecule has 1 aliphatic heterocycles. The van der Waals surface area contributed by atoms with Gasteiger partial charge in [-0.1, -0.05) is 0 Å². The van der Waals surface area contributed by atoms with Gasteiger partial charge in [0, 0.05) is 42.2 Å². The van der Waals surface area contributed by atoms with Gasteiger partial charge < -0.3 is 19.7 Å². The summed E-state index contributed by atoms with van der Waals surface area (Å²) < 4.78 is 10.8. The summed E-state index contributed by atoms with van der Waals surface area (Å²) in [5.74, 6) is 1.51. The van der Waals surface area contributed by atoms with Gasteiger partial charge in [-0.2, -0.15) is 0 Å². The van der Waals surface area contributed by atoms with Crippen molar-refractivity contribution in [2.45, 2.75) is 38.6 Å². The van der Waals surface area contributed by atoms with E-state index in [1.54, 1.807) is 25.6 Å². The van der Waals surface area contributed by atoms with Crippen molar-refractivity contribution in [1.29, 1.82) is 0 Å². The van der Waals surface area contributed by atoms with E-state index >= 15 is 0 Å². The lowest BCUT2D eigenvalue weighted by Gasteiger charge is -2.26. The Hall–Kier alpha value is -2.28. The Morgan fingerprint density at radius 2 is 2.22 bits per heavy atom. The van der Waals surface area contributed by atoms with Gasteiger partial charge in [0.2, 0.25) is 0 Å². The third kappa shape index (κ3) is 4.71. The van der Waals surface area contributed by atoms with E-state index in [2.05, 4.69) is 15.7 Å². The van der Waals surface area contributed by atoms with E-state index in [0.29, 0.717) is 6.54 Å². The number of hydrogen-bond acceptors (Lipinski definition) is 5. The second-order valence-corrected chi connectivity index (χ2v) is 7.62. The number of carbonyl (C=O) groups excluding carboxylic acids is 1. The van der Waals surface area contributed by atoms with Crippen molar-refractivity contribution in [3.05, 3.63) is 39.8 Å². The van der Waals surface area contributed by atoms with Gasteiger partial charge in [0.05, 0.1) is 25.3 Å². The number of benzene rings is 1. The largest absolute Gasteiger partial charge is 0.497 e. The van der Waals surface area contributed by atoms with Crippen molar-refractivity contribution in [1.82, 2.24) is 15.2 Å².